The van der Waals surface area contributed by atoms with Crippen LogP contribution in [0, 0.1) is 19.8 Å². The van der Waals surface area contributed by atoms with Crippen LogP contribution in [0.15, 0.2) is 17.1 Å². The quantitative estimate of drug-likeness (QED) is 0.845. The van der Waals surface area contributed by atoms with Crippen molar-refractivity contribution in [1.82, 2.24) is 24.9 Å². The van der Waals surface area contributed by atoms with Gasteiger partial charge in [-0.1, -0.05) is 18.6 Å². The number of aromatic nitrogens is 4. The largest absolute Gasteiger partial charge is 0.338 e. The van der Waals surface area contributed by atoms with E-state index >= 15 is 0 Å². The van der Waals surface area contributed by atoms with Crippen LogP contribution in [-0.4, -0.2) is 43.9 Å². The van der Waals surface area contributed by atoms with Gasteiger partial charge in [-0.2, -0.15) is 0 Å². The molecule has 0 bridgehead atoms. The molecule has 1 atom stereocenters. The molecule has 0 aliphatic carbocycles. The van der Waals surface area contributed by atoms with E-state index in [4.69, 9.17) is 0 Å². The first-order valence-electron chi connectivity index (χ1n) is 9.86. The molecule has 0 saturated carbocycles. The molecule has 1 N–H and O–H groups in total. The van der Waals surface area contributed by atoms with Crippen molar-refractivity contribution in [2.45, 2.75) is 59.4 Å². The number of H-pyrrole nitrogens is 1. The number of aromatic amines is 1. The summed E-state index contributed by atoms with van der Waals surface area (Å²) in [6.45, 7) is 8.01. The highest BCUT2D eigenvalue weighted by molar-refractivity contribution is 5.94. The van der Waals surface area contributed by atoms with Crippen LogP contribution in [0.1, 0.15) is 59.9 Å². The van der Waals surface area contributed by atoms with Gasteiger partial charge in [-0.05, 0) is 57.1 Å². The Bertz CT molecular complexity index is 854. The monoisotopic (exact) mass is 371 g/mol. The summed E-state index contributed by atoms with van der Waals surface area (Å²) in [5, 5.41) is 8.47. The maximum absolute atomic E-state index is 12.9. The van der Waals surface area contributed by atoms with Crippen molar-refractivity contribution >= 4 is 5.91 Å². The van der Waals surface area contributed by atoms with Gasteiger partial charge in [-0.25, -0.2) is 0 Å². The first kappa shape index (κ1) is 19.3. The number of aryl methyl sites for hydroxylation is 3. The maximum atomic E-state index is 12.9. The van der Waals surface area contributed by atoms with E-state index in [0.717, 1.165) is 55.6 Å². The number of unbranched alkanes of at least 4 members (excludes halogenated alkanes) is 1. The van der Waals surface area contributed by atoms with Crippen LogP contribution in [-0.2, 0) is 13.0 Å². The van der Waals surface area contributed by atoms with E-state index in [1.54, 1.807) is 6.07 Å². The van der Waals surface area contributed by atoms with Crippen LogP contribution in [0.3, 0.4) is 0 Å². The van der Waals surface area contributed by atoms with Gasteiger partial charge in [0.05, 0.1) is 5.69 Å². The molecule has 2 aromatic rings. The van der Waals surface area contributed by atoms with E-state index in [1.807, 2.05) is 29.6 Å². The average molecular weight is 371 g/mol. The fourth-order valence-corrected chi connectivity index (χ4v) is 3.62. The van der Waals surface area contributed by atoms with E-state index < -0.39 is 0 Å². The van der Waals surface area contributed by atoms with Gasteiger partial charge >= 0.3 is 0 Å². The van der Waals surface area contributed by atoms with Gasteiger partial charge in [0, 0.05) is 31.5 Å². The van der Waals surface area contributed by atoms with Crippen molar-refractivity contribution < 1.29 is 4.79 Å². The molecule has 3 rings (SSSR count). The number of nitrogens with one attached hydrogen (secondary N) is 1. The Labute approximate surface area is 159 Å². The van der Waals surface area contributed by atoms with Crippen molar-refractivity contribution in [3.63, 3.8) is 0 Å². The fraction of sp³-hybridized carbons (Fsp3) is 0.600. The van der Waals surface area contributed by atoms with Gasteiger partial charge in [-0.15, -0.1) is 5.10 Å². The number of rotatable bonds is 6. The summed E-state index contributed by atoms with van der Waals surface area (Å²) in [5.41, 5.74) is 2.69. The van der Waals surface area contributed by atoms with Crippen LogP contribution in [0.4, 0.5) is 0 Å². The van der Waals surface area contributed by atoms with Crippen LogP contribution in [0.25, 0.3) is 0 Å². The number of hydrogen-bond acceptors (Lipinski definition) is 4. The maximum Gasteiger partial charge on any atom is 0.261 e. The van der Waals surface area contributed by atoms with E-state index in [0.29, 0.717) is 19.0 Å². The summed E-state index contributed by atoms with van der Waals surface area (Å²) in [6, 6.07) is 1.71. The first-order valence-corrected chi connectivity index (χ1v) is 9.86. The van der Waals surface area contributed by atoms with Crippen molar-refractivity contribution in [3.8, 4) is 0 Å². The molecule has 1 amide bonds. The SMILES string of the molecule is CCCCc1cn(CC2CCCN(C(=O)c3cc(C)c(C)[nH]c3=O)C2)nn1. The summed E-state index contributed by atoms with van der Waals surface area (Å²) in [4.78, 5) is 29.7. The number of piperidine rings is 1. The molecule has 2 aromatic heterocycles. The number of carbonyl (C=O) groups is 1. The topological polar surface area (TPSA) is 83.9 Å². The molecular weight excluding hydrogens is 342 g/mol. The molecule has 1 fully saturated rings. The smallest absolute Gasteiger partial charge is 0.261 e. The Hall–Kier alpha value is -2.44. The van der Waals surface area contributed by atoms with Crippen molar-refractivity contribution in [1.29, 1.82) is 0 Å². The zero-order valence-electron chi connectivity index (χ0n) is 16.5. The van der Waals surface area contributed by atoms with Crippen molar-refractivity contribution in [3.05, 3.63) is 45.1 Å². The highest BCUT2D eigenvalue weighted by Gasteiger charge is 2.26. The summed E-state index contributed by atoms with van der Waals surface area (Å²) in [5.74, 6) is 0.153. The minimum absolute atomic E-state index is 0.175. The lowest BCUT2D eigenvalue weighted by Gasteiger charge is -2.32. The minimum Gasteiger partial charge on any atom is -0.338 e. The molecule has 1 aliphatic rings. The van der Waals surface area contributed by atoms with Gasteiger partial charge in [0.1, 0.15) is 5.56 Å². The Morgan fingerprint density at radius 2 is 2.19 bits per heavy atom. The third-order valence-corrected chi connectivity index (χ3v) is 5.35. The van der Waals surface area contributed by atoms with Gasteiger partial charge in [0.2, 0.25) is 0 Å². The molecule has 146 valence electrons. The molecule has 0 spiro atoms. The second-order valence-corrected chi connectivity index (χ2v) is 7.62. The minimum atomic E-state index is -0.304. The van der Waals surface area contributed by atoms with Gasteiger partial charge in [-0.3, -0.25) is 14.3 Å². The number of likely N-dealkylation sites (tertiary alicyclic amines) is 1. The lowest BCUT2D eigenvalue weighted by molar-refractivity contribution is 0.0657. The zero-order valence-corrected chi connectivity index (χ0v) is 16.5. The Balaban J connectivity index is 1.65. The lowest BCUT2D eigenvalue weighted by Crippen LogP contribution is -2.43. The average Bonchev–Trinajstić information content (AvgIpc) is 3.10. The highest BCUT2D eigenvalue weighted by Crippen LogP contribution is 2.20. The Morgan fingerprint density at radius 3 is 2.96 bits per heavy atom. The molecule has 7 heteroatoms. The first-order chi connectivity index (χ1) is 13.0. The van der Waals surface area contributed by atoms with Gasteiger partial charge in [0.15, 0.2) is 0 Å². The number of carbonyl (C=O) groups excluding carboxylic acids is 1. The normalized spacial score (nSPS) is 17.3. The number of hydrogen-bond donors (Lipinski definition) is 1. The predicted octanol–water partition coefficient (Wildman–Crippen LogP) is 2.48. The fourth-order valence-electron chi connectivity index (χ4n) is 3.62. The number of pyridine rings is 1. The van der Waals surface area contributed by atoms with E-state index in [9.17, 15) is 9.59 Å². The zero-order chi connectivity index (χ0) is 19.4. The Kier molecular flexibility index (Phi) is 6.08. The van der Waals surface area contributed by atoms with E-state index in [-0.39, 0.29) is 17.0 Å². The summed E-state index contributed by atoms with van der Waals surface area (Å²) in [7, 11) is 0. The van der Waals surface area contributed by atoms with Crippen LogP contribution < -0.4 is 5.56 Å². The second kappa shape index (κ2) is 8.50. The molecule has 1 aliphatic heterocycles. The summed E-state index contributed by atoms with van der Waals surface area (Å²) in [6.07, 6.45) is 7.23. The molecule has 1 saturated heterocycles. The molecule has 1 unspecified atom stereocenters. The van der Waals surface area contributed by atoms with Crippen molar-refractivity contribution in [2.24, 2.45) is 5.92 Å². The second-order valence-electron chi connectivity index (χ2n) is 7.62. The van der Waals surface area contributed by atoms with Crippen LogP contribution in [0.2, 0.25) is 0 Å². The molecular formula is C20H29N5O2. The van der Waals surface area contributed by atoms with Crippen LogP contribution >= 0.6 is 0 Å². The number of nitrogens with zero attached hydrogens (tertiary/aromatic N) is 4. The third kappa shape index (κ3) is 4.64. The summed E-state index contributed by atoms with van der Waals surface area (Å²) < 4.78 is 1.90. The lowest BCUT2D eigenvalue weighted by atomic mass is 9.97. The van der Waals surface area contributed by atoms with E-state index in [1.165, 1.54) is 0 Å². The molecule has 0 aromatic carbocycles. The van der Waals surface area contributed by atoms with E-state index in [2.05, 4.69) is 22.2 Å². The molecule has 0 radical (unpaired) electrons. The Morgan fingerprint density at radius 1 is 1.37 bits per heavy atom. The van der Waals surface area contributed by atoms with Gasteiger partial charge < -0.3 is 9.88 Å². The standard InChI is InChI=1S/C20H29N5O2/c1-4-5-8-17-13-25(23-22-17)12-16-7-6-9-24(11-16)20(27)18-10-14(2)15(3)21-19(18)26/h10,13,16H,4-9,11-12H2,1-3H3,(H,21,26). The summed E-state index contributed by atoms with van der Waals surface area (Å²) >= 11 is 0. The predicted molar refractivity (Wildman–Crippen MR) is 104 cm³/mol. The molecule has 3 heterocycles. The van der Waals surface area contributed by atoms with Crippen LogP contribution in [0.5, 0.6) is 0 Å². The third-order valence-electron chi connectivity index (χ3n) is 5.35. The highest BCUT2D eigenvalue weighted by atomic mass is 16.2. The van der Waals surface area contributed by atoms with Gasteiger partial charge in [0.25, 0.3) is 11.5 Å². The van der Waals surface area contributed by atoms with Crippen molar-refractivity contribution in [2.75, 3.05) is 13.1 Å². The molecule has 7 nitrogen and oxygen atoms in total. The molecule has 27 heavy (non-hydrogen) atoms. The number of amides is 1.